The smallest absolute Gasteiger partial charge is 0.276 e. The molecule has 2 aliphatic rings. The van der Waals surface area contributed by atoms with E-state index in [9.17, 15) is 13.2 Å². The Labute approximate surface area is 164 Å². The quantitative estimate of drug-likeness (QED) is 0.842. The van der Waals surface area contributed by atoms with Gasteiger partial charge in [0.1, 0.15) is 5.69 Å². The summed E-state index contributed by atoms with van der Waals surface area (Å²) >= 11 is 0. The second-order valence-corrected chi connectivity index (χ2v) is 9.32. The van der Waals surface area contributed by atoms with E-state index in [4.69, 9.17) is 4.42 Å². The van der Waals surface area contributed by atoms with Crippen molar-refractivity contribution >= 4 is 15.9 Å². The lowest BCUT2D eigenvalue weighted by atomic mass is 10.1. The van der Waals surface area contributed by atoms with Gasteiger partial charge in [0.05, 0.1) is 11.8 Å². The Morgan fingerprint density at radius 2 is 1.61 bits per heavy atom. The van der Waals surface area contributed by atoms with Gasteiger partial charge in [0.15, 0.2) is 5.76 Å². The van der Waals surface area contributed by atoms with E-state index in [-0.39, 0.29) is 11.0 Å². The number of carbonyl (C=O) groups is 1. The largest absolute Gasteiger partial charge is 0.442 e. The third-order valence-electron chi connectivity index (χ3n) is 5.50. The van der Waals surface area contributed by atoms with Crippen LogP contribution >= 0.6 is 0 Å². The van der Waals surface area contributed by atoms with Crippen molar-refractivity contribution in [1.82, 2.24) is 19.4 Å². The van der Waals surface area contributed by atoms with Crippen molar-refractivity contribution in [3.05, 3.63) is 23.9 Å². The van der Waals surface area contributed by atoms with Crippen molar-refractivity contribution in [3.8, 4) is 11.5 Å². The first kappa shape index (κ1) is 19.2. The molecule has 28 heavy (non-hydrogen) atoms. The molecule has 2 aromatic rings. The van der Waals surface area contributed by atoms with Crippen LogP contribution in [0.4, 0.5) is 0 Å². The van der Waals surface area contributed by atoms with E-state index in [1.807, 2.05) is 4.90 Å². The number of carbonyl (C=O) groups excluding carboxylic acids is 1. The number of piperidine rings is 1. The standard InChI is InChI=1S/C19H26N4O4S/c24-19(22-10-4-3-5-11-22)15-14-20-21-18(15)16-8-9-17(27-16)28(25,26)23-12-6-1-2-7-13-23/h8-9,14H,1-7,10-13H2,(H,20,21). The highest BCUT2D eigenvalue weighted by atomic mass is 32.2. The van der Waals surface area contributed by atoms with Crippen molar-refractivity contribution < 1.29 is 17.6 Å². The molecule has 0 unspecified atom stereocenters. The Morgan fingerprint density at radius 3 is 2.32 bits per heavy atom. The second kappa shape index (κ2) is 8.08. The number of likely N-dealkylation sites (tertiary alicyclic amines) is 1. The van der Waals surface area contributed by atoms with Gasteiger partial charge in [-0.1, -0.05) is 12.8 Å². The Balaban J connectivity index is 1.58. The molecular weight excluding hydrogens is 380 g/mol. The third kappa shape index (κ3) is 3.73. The van der Waals surface area contributed by atoms with Gasteiger partial charge in [-0.15, -0.1) is 0 Å². The fraction of sp³-hybridized carbons (Fsp3) is 0.579. The highest BCUT2D eigenvalue weighted by molar-refractivity contribution is 7.89. The monoisotopic (exact) mass is 406 g/mol. The van der Waals surface area contributed by atoms with Crippen LogP contribution in [-0.2, 0) is 10.0 Å². The van der Waals surface area contributed by atoms with Crippen LogP contribution in [-0.4, -0.2) is 59.9 Å². The Kier molecular flexibility index (Phi) is 5.54. The van der Waals surface area contributed by atoms with Crippen LogP contribution in [0.1, 0.15) is 55.3 Å². The molecule has 0 atom stereocenters. The van der Waals surface area contributed by atoms with E-state index in [0.717, 1.165) is 58.0 Å². The van der Waals surface area contributed by atoms with Crippen molar-refractivity contribution in [2.45, 2.75) is 50.0 Å². The molecular formula is C19H26N4O4S. The fourth-order valence-electron chi connectivity index (χ4n) is 3.91. The maximum Gasteiger partial charge on any atom is 0.276 e. The molecule has 0 saturated carbocycles. The molecule has 4 rings (SSSR count). The third-order valence-corrected chi connectivity index (χ3v) is 7.27. The minimum absolute atomic E-state index is 0.0876. The van der Waals surface area contributed by atoms with E-state index < -0.39 is 10.0 Å². The minimum atomic E-state index is -3.67. The van der Waals surface area contributed by atoms with Crippen LogP contribution in [0.5, 0.6) is 0 Å². The first-order valence-electron chi connectivity index (χ1n) is 10.0. The second-order valence-electron chi connectivity index (χ2n) is 7.45. The Morgan fingerprint density at radius 1 is 0.964 bits per heavy atom. The number of nitrogens with zero attached hydrogens (tertiary/aromatic N) is 3. The summed E-state index contributed by atoms with van der Waals surface area (Å²) < 4.78 is 33.0. The highest BCUT2D eigenvalue weighted by Crippen LogP contribution is 2.29. The number of nitrogens with one attached hydrogen (secondary N) is 1. The summed E-state index contributed by atoms with van der Waals surface area (Å²) in [6.45, 7) is 2.49. The van der Waals surface area contributed by atoms with Crippen molar-refractivity contribution in [2.75, 3.05) is 26.2 Å². The van der Waals surface area contributed by atoms with Gasteiger partial charge in [-0.2, -0.15) is 9.40 Å². The van der Waals surface area contributed by atoms with E-state index in [1.165, 1.54) is 16.6 Å². The SMILES string of the molecule is O=C(c1cn[nH]c1-c1ccc(S(=O)(=O)N2CCCCCC2)o1)N1CCCCC1. The number of aromatic amines is 1. The van der Waals surface area contributed by atoms with Gasteiger partial charge in [0.25, 0.3) is 15.9 Å². The number of hydrogen-bond acceptors (Lipinski definition) is 5. The normalized spacial score (nSPS) is 19.5. The van der Waals surface area contributed by atoms with Crippen LogP contribution in [0, 0.1) is 0 Å². The van der Waals surface area contributed by atoms with Gasteiger partial charge in [-0.05, 0) is 44.2 Å². The predicted octanol–water partition coefficient (Wildman–Crippen LogP) is 2.86. The molecule has 0 radical (unpaired) electrons. The van der Waals surface area contributed by atoms with E-state index in [2.05, 4.69) is 10.2 Å². The summed E-state index contributed by atoms with van der Waals surface area (Å²) in [5.41, 5.74) is 0.836. The first-order valence-corrected chi connectivity index (χ1v) is 11.4. The van der Waals surface area contributed by atoms with Gasteiger partial charge in [-0.25, -0.2) is 8.42 Å². The number of H-pyrrole nitrogens is 1. The summed E-state index contributed by atoms with van der Waals surface area (Å²) in [7, 11) is -3.67. The number of aromatic nitrogens is 2. The Hall–Kier alpha value is -2.13. The average Bonchev–Trinajstić information content (AvgIpc) is 3.31. The maximum absolute atomic E-state index is 12.9. The number of hydrogen-bond donors (Lipinski definition) is 1. The van der Waals surface area contributed by atoms with Crippen LogP contribution in [0.2, 0.25) is 0 Å². The van der Waals surface area contributed by atoms with Gasteiger partial charge in [0.2, 0.25) is 5.09 Å². The van der Waals surface area contributed by atoms with E-state index >= 15 is 0 Å². The number of sulfonamides is 1. The van der Waals surface area contributed by atoms with Crippen LogP contribution in [0.3, 0.4) is 0 Å². The molecule has 1 amide bonds. The first-order chi connectivity index (χ1) is 13.6. The molecule has 0 bridgehead atoms. The summed E-state index contributed by atoms with van der Waals surface area (Å²) in [6, 6.07) is 3.05. The summed E-state index contributed by atoms with van der Waals surface area (Å²) in [6.07, 6.45) is 8.44. The van der Waals surface area contributed by atoms with E-state index in [1.54, 1.807) is 6.07 Å². The molecule has 2 saturated heterocycles. The molecule has 0 aliphatic carbocycles. The van der Waals surface area contributed by atoms with Gasteiger partial charge in [-0.3, -0.25) is 9.89 Å². The van der Waals surface area contributed by atoms with Gasteiger partial charge in [0, 0.05) is 26.2 Å². The number of rotatable bonds is 4. The molecule has 8 nitrogen and oxygen atoms in total. The zero-order valence-electron chi connectivity index (χ0n) is 15.9. The van der Waals surface area contributed by atoms with Crippen molar-refractivity contribution in [1.29, 1.82) is 0 Å². The lowest BCUT2D eigenvalue weighted by molar-refractivity contribution is 0.0725. The lowest BCUT2D eigenvalue weighted by Gasteiger charge is -2.26. The van der Waals surface area contributed by atoms with Crippen LogP contribution < -0.4 is 0 Å². The lowest BCUT2D eigenvalue weighted by Crippen LogP contribution is -2.35. The molecule has 0 spiro atoms. The molecule has 4 heterocycles. The molecule has 0 aromatic carbocycles. The van der Waals surface area contributed by atoms with Crippen molar-refractivity contribution in [2.24, 2.45) is 0 Å². The minimum Gasteiger partial charge on any atom is -0.442 e. The molecule has 9 heteroatoms. The molecule has 2 aliphatic heterocycles. The topological polar surface area (TPSA) is 99.5 Å². The van der Waals surface area contributed by atoms with E-state index in [0.29, 0.717) is 30.1 Å². The predicted molar refractivity (Wildman–Crippen MR) is 103 cm³/mol. The average molecular weight is 407 g/mol. The molecule has 1 N–H and O–H groups in total. The number of furan rings is 1. The number of amides is 1. The summed E-state index contributed by atoms with van der Waals surface area (Å²) in [4.78, 5) is 14.7. The molecule has 152 valence electrons. The zero-order valence-corrected chi connectivity index (χ0v) is 16.7. The van der Waals surface area contributed by atoms with Crippen LogP contribution in [0.25, 0.3) is 11.5 Å². The zero-order chi connectivity index (χ0) is 19.6. The summed E-state index contributed by atoms with van der Waals surface area (Å²) in [5.74, 6) is 0.211. The Bertz CT molecular complexity index is 919. The van der Waals surface area contributed by atoms with Crippen molar-refractivity contribution in [3.63, 3.8) is 0 Å². The van der Waals surface area contributed by atoms with Gasteiger partial charge >= 0.3 is 0 Å². The molecule has 2 fully saturated rings. The summed E-state index contributed by atoms with van der Waals surface area (Å²) in [5, 5.41) is 6.70. The maximum atomic E-state index is 12.9. The fourth-order valence-corrected chi connectivity index (χ4v) is 5.33. The van der Waals surface area contributed by atoms with Gasteiger partial charge < -0.3 is 9.32 Å². The van der Waals surface area contributed by atoms with Crippen LogP contribution in [0.15, 0.2) is 27.8 Å². The highest BCUT2D eigenvalue weighted by Gasteiger charge is 2.30. The molecule has 2 aromatic heterocycles.